The highest BCUT2D eigenvalue weighted by molar-refractivity contribution is 7.26. The van der Waals surface area contributed by atoms with Crippen molar-refractivity contribution in [3.05, 3.63) is 497 Å². The van der Waals surface area contributed by atoms with Crippen LogP contribution in [0.3, 0.4) is 0 Å². The van der Waals surface area contributed by atoms with Crippen molar-refractivity contribution in [2.24, 2.45) is 0 Å². The van der Waals surface area contributed by atoms with Crippen LogP contribution in [-0.2, 0) is 0 Å². The fourth-order valence-electron chi connectivity index (χ4n) is 23.9. The van der Waals surface area contributed by atoms with Gasteiger partial charge >= 0.3 is 0 Å². The fourth-order valence-corrected chi connectivity index (χ4v) is 26.3. The second kappa shape index (κ2) is 34.1. The molecule has 0 saturated carbocycles. The normalized spacial score (nSPS) is 12.0. The van der Waals surface area contributed by atoms with Crippen molar-refractivity contribution in [2.75, 3.05) is 0 Å². The number of rotatable bonds is 12. The SMILES string of the molecule is c1ccc(-c2nc(-c3ccccc3)nc(-c3ccc4c5ccc(-n6c7ccccc7c7cc(-n8c9ccccc9c9cc(-c%10cccc%11c%10sc%10ccccc%10%11)ccc98)ccc76)cc5c5ccccc5c4c3)n2)cc1.c1ccc(-c2nc(-c3ccccc3)nc(-c3ccc4c5ccccc5c5ccc(-n6c7ccccc7c7cc(-n8c9ccccc9c9cc(-c%10cccc%11c%10sc%10ccccc%10%11)ccc98)ccc76)cc5c4c3)n2)cc1. The molecule has 0 aliphatic rings. The molecule has 0 unspecified atom stereocenters. The van der Waals surface area contributed by atoms with Crippen molar-refractivity contribution >= 4 is 215 Å². The Kier molecular flexibility index (Phi) is 19.3. The van der Waals surface area contributed by atoms with Crippen molar-refractivity contribution in [2.45, 2.75) is 0 Å². The maximum absolute atomic E-state index is 5.14. The maximum atomic E-state index is 5.14. The van der Waals surface area contributed by atoms with Gasteiger partial charge in [0.1, 0.15) is 0 Å². The van der Waals surface area contributed by atoms with Gasteiger partial charge in [-0.15, -0.1) is 22.7 Å². The molecule has 0 fully saturated rings. The summed E-state index contributed by atoms with van der Waals surface area (Å²) in [6.07, 6.45) is 0. The van der Waals surface area contributed by atoms with Crippen molar-refractivity contribution in [3.63, 3.8) is 0 Å². The highest BCUT2D eigenvalue weighted by Gasteiger charge is 2.27. The van der Waals surface area contributed by atoms with Gasteiger partial charge < -0.3 is 18.3 Å². The molecule has 0 radical (unpaired) electrons. The Morgan fingerprint density at radius 1 is 0.127 bits per heavy atom. The zero-order chi connectivity index (χ0) is 98.3. The van der Waals surface area contributed by atoms with E-state index in [2.05, 4.69) is 443 Å². The van der Waals surface area contributed by atoms with E-state index in [9.17, 15) is 0 Å². The highest BCUT2D eigenvalue weighted by atomic mass is 32.1. The molecule has 0 amide bonds. The number of aromatic nitrogens is 10. The Hall–Kier alpha value is -19.5. The molecule has 32 aromatic rings. The molecule has 0 aliphatic carbocycles. The summed E-state index contributed by atoms with van der Waals surface area (Å²) < 4.78 is 15.1. The summed E-state index contributed by atoms with van der Waals surface area (Å²) in [5.41, 5.74) is 24.5. The zero-order valence-corrected chi connectivity index (χ0v) is 82.3. The minimum absolute atomic E-state index is 0.633. The lowest BCUT2D eigenvalue weighted by Crippen LogP contribution is -2.00. The number of hydrogen-bond donors (Lipinski definition) is 0. The molecule has 0 saturated heterocycles. The average Bonchev–Trinajstić information content (AvgIpc) is 1.38. The van der Waals surface area contributed by atoms with Gasteiger partial charge in [0.2, 0.25) is 0 Å². The van der Waals surface area contributed by atoms with E-state index >= 15 is 0 Å². The molecule has 0 N–H and O–H groups in total. The van der Waals surface area contributed by atoms with E-state index in [0.717, 1.165) is 83.5 Å². The van der Waals surface area contributed by atoms with Crippen LogP contribution < -0.4 is 0 Å². The van der Waals surface area contributed by atoms with Gasteiger partial charge in [-0.2, -0.15) is 0 Å². The summed E-state index contributed by atoms with van der Waals surface area (Å²) in [6, 6.07) is 180. The lowest BCUT2D eigenvalue weighted by molar-refractivity contribution is 1.07. The molecule has 0 aliphatic heterocycles. The third kappa shape index (κ3) is 13.6. The van der Waals surface area contributed by atoms with Crippen LogP contribution in [0.4, 0.5) is 0 Å². The van der Waals surface area contributed by atoms with Crippen LogP contribution in [0, 0.1) is 0 Å². The second-order valence-electron chi connectivity index (χ2n) is 39.0. The fraction of sp³-hybridized carbons (Fsp3) is 0. The highest BCUT2D eigenvalue weighted by Crippen LogP contribution is 2.50. The van der Waals surface area contributed by atoms with Gasteiger partial charge in [-0.3, -0.25) is 0 Å². The Balaban J connectivity index is 0.000000135. The third-order valence-corrected chi connectivity index (χ3v) is 33.1. The number of benzene rings is 24. The minimum Gasteiger partial charge on any atom is -0.309 e. The predicted octanol–water partition coefficient (Wildman–Crippen LogP) is 37.1. The summed E-state index contributed by atoms with van der Waals surface area (Å²) in [6.45, 7) is 0. The molecule has 10 nitrogen and oxygen atoms in total. The molecule has 8 aromatic heterocycles. The molecule has 8 heterocycles. The minimum atomic E-state index is 0.633. The van der Waals surface area contributed by atoms with Crippen LogP contribution in [0.15, 0.2) is 497 Å². The van der Waals surface area contributed by atoms with Gasteiger partial charge in [0.15, 0.2) is 34.9 Å². The second-order valence-corrected chi connectivity index (χ2v) is 41.1. The summed E-state index contributed by atoms with van der Waals surface area (Å²) >= 11 is 3.77. The predicted molar refractivity (Wildman–Crippen MR) is 631 cm³/mol. The van der Waals surface area contributed by atoms with Crippen LogP contribution in [0.5, 0.6) is 0 Å². The first-order valence-electron chi connectivity index (χ1n) is 50.8. The van der Waals surface area contributed by atoms with E-state index < -0.39 is 0 Å². The molecule has 0 spiro atoms. The molecule has 0 atom stereocenters. The Bertz CT molecular complexity index is 11100. The number of thiophene rings is 2. The molecule has 0 bridgehead atoms. The number of hydrogen-bond acceptors (Lipinski definition) is 8. The van der Waals surface area contributed by atoms with E-state index in [0.29, 0.717) is 34.9 Å². The van der Waals surface area contributed by atoms with E-state index in [-0.39, 0.29) is 0 Å². The molecule has 32 rings (SSSR count). The number of nitrogens with zero attached hydrogens (tertiary/aromatic N) is 10. The summed E-state index contributed by atoms with van der Waals surface area (Å²) in [5.74, 6) is 3.86. The van der Waals surface area contributed by atoms with Crippen molar-refractivity contribution < 1.29 is 0 Å². The van der Waals surface area contributed by atoms with E-state index in [1.54, 1.807) is 0 Å². The van der Waals surface area contributed by atoms with Crippen molar-refractivity contribution in [3.8, 4) is 113 Å². The first-order valence-corrected chi connectivity index (χ1v) is 52.5. The number of fused-ring (bicyclic) bond motifs is 30. The van der Waals surface area contributed by atoms with Crippen LogP contribution in [0.2, 0.25) is 0 Å². The smallest absolute Gasteiger partial charge is 0.164 e. The first-order chi connectivity index (χ1) is 74.4. The van der Waals surface area contributed by atoms with Crippen molar-refractivity contribution in [1.82, 2.24) is 48.2 Å². The van der Waals surface area contributed by atoms with Gasteiger partial charge in [0.05, 0.1) is 44.1 Å². The topological polar surface area (TPSA) is 97.1 Å². The first kappa shape index (κ1) is 85.0. The lowest BCUT2D eigenvalue weighted by atomic mass is 9.93. The standard InChI is InChI=1S/2C69H41N5S/c1-3-16-42(17-4-1)67-70-68(43-18-5-2-6-19-43)72-69(71-67)45-30-34-51-52-35-32-46(40-58(52)50-21-8-7-20-49(50)57(51)39-45)73-62-28-13-10-23-54(62)60-41-47(33-37-64(60)73)74-61-27-12-9-22-53(61)59-38-44(31-36-63(59)74)48-25-15-26-56-55-24-11-14-29-65(55)75-66(48)56;1-3-16-42(17-4-1)67-70-68(43-18-5-2-6-19-43)72-69(71-67)45-30-34-51-49-20-7-8-21-50(49)52-35-32-46(40-58(52)57(51)39-45)73-62-28-13-10-23-54(62)60-41-47(33-37-64(60)73)74-61-27-12-9-22-53(61)59-38-44(31-36-63(59)74)48-25-15-26-56-55-24-11-14-29-65(55)75-66(48)56/h2*1-41H. The summed E-state index contributed by atoms with van der Waals surface area (Å²) in [4.78, 5) is 30.4. The van der Waals surface area contributed by atoms with Gasteiger partial charge in [-0.05, 0) is 220 Å². The monoisotopic (exact) mass is 1940 g/mol. The van der Waals surface area contributed by atoms with Crippen LogP contribution in [0.1, 0.15) is 0 Å². The Labute approximate surface area is 867 Å². The quantitative estimate of drug-likeness (QED) is 0.113. The average molecular weight is 1940 g/mol. The van der Waals surface area contributed by atoms with E-state index in [1.807, 2.05) is 95.5 Å². The Morgan fingerprint density at radius 2 is 0.340 bits per heavy atom. The lowest BCUT2D eigenvalue weighted by Gasteiger charge is -2.15. The molecule has 150 heavy (non-hydrogen) atoms. The largest absolute Gasteiger partial charge is 0.309 e. The number of para-hydroxylation sites is 4. The Morgan fingerprint density at radius 3 is 0.687 bits per heavy atom. The van der Waals surface area contributed by atoms with Gasteiger partial charge in [0.25, 0.3) is 0 Å². The van der Waals surface area contributed by atoms with E-state index in [4.69, 9.17) is 29.9 Å². The van der Waals surface area contributed by atoms with Gasteiger partial charge in [-0.25, -0.2) is 29.9 Å². The molecule has 12 heteroatoms. The summed E-state index contributed by atoms with van der Waals surface area (Å²) in [7, 11) is 0. The molecular formula is C138H82N10S2. The summed E-state index contributed by atoms with van der Waals surface area (Å²) in [5, 5.41) is 29.3. The van der Waals surface area contributed by atoms with E-state index in [1.165, 1.54) is 187 Å². The van der Waals surface area contributed by atoms with Crippen LogP contribution in [-0.4, -0.2) is 48.2 Å². The third-order valence-electron chi connectivity index (χ3n) is 30.7. The van der Waals surface area contributed by atoms with Crippen LogP contribution in [0.25, 0.3) is 306 Å². The zero-order valence-electron chi connectivity index (χ0n) is 80.6. The van der Waals surface area contributed by atoms with Crippen molar-refractivity contribution in [1.29, 1.82) is 0 Å². The molecule has 24 aromatic carbocycles. The molecular weight excluding hydrogens is 1860 g/mol. The maximum Gasteiger partial charge on any atom is 0.164 e. The van der Waals surface area contributed by atoms with Gasteiger partial charge in [0, 0.05) is 140 Å². The van der Waals surface area contributed by atoms with Gasteiger partial charge in [-0.1, -0.05) is 364 Å². The molecule has 696 valence electrons. The van der Waals surface area contributed by atoms with Crippen LogP contribution >= 0.6 is 22.7 Å².